The Kier molecular flexibility index (Phi) is 5.82. The van der Waals surface area contributed by atoms with Crippen molar-refractivity contribution >= 4 is 17.1 Å². The average Bonchev–Trinajstić information content (AvgIpc) is 3.16. The van der Waals surface area contributed by atoms with Gasteiger partial charge in [-0.3, -0.25) is 4.90 Å². The van der Waals surface area contributed by atoms with Gasteiger partial charge in [-0.1, -0.05) is 0 Å². The third kappa shape index (κ3) is 4.66. The van der Waals surface area contributed by atoms with Gasteiger partial charge in [0.25, 0.3) is 0 Å². The third-order valence-electron chi connectivity index (χ3n) is 5.68. The number of carbonyl (C=O) groups excluding carboxylic acids is 1. The Morgan fingerprint density at radius 1 is 1.24 bits per heavy atom. The van der Waals surface area contributed by atoms with Gasteiger partial charge in [-0.15, -0.1) is 0 Å². The summed E-state index contributed by atoms with van der Waals surface area (Å²) in [6.07, 6.45) is 0.905. The minimum absolute atomic E-state index is 0.327. The van der Waals surface area contributed by atoms with Gasteiger partial charge in [-0.05, 0) is 70.5 Å². The van der Waals surface area contributed by atoms with Crippen LogP contribution in [-0.2, 0) is 9.47 Å². The summed E-state index contributed by atoms with van der Waals surface area (Å²) in [5.41, 5.74) is 1.75. The molecule has 8 heteroatoms. The van der Waals surface area contributed by atoms with E-state index < -0.39 is 11.1 Å². The van der Waals surface area contributed by atoms with Crippen LogP contribution in [0.5, 0.6) is 5.75 Å². The number of amides is 1. The van der Waals surface area contributed by atoms with Gasteiger partial charge in [-0.25, -0.2) is 14.2 Å². The lowest BCUT2D eigenvalue weighted by atomic mass is 10.00. The van der Waals surface area contributed by atoms with Gasteiger partial charge < -0.3 is 19.2 Å². The minimum atomic E-state index is -0.592. The first-order valence-electron chi connectivity index (χ1n) is 10.9. The zero-order valence-corrected chi connectivity index (χ0v) is 19.9. The molecule has 3 aromatic rings. The van der Waals surface area contributed by atoms with Crippen molar-refractivity contribution in [1.82, 2.24) is 14.9 Å². The largest absolute Gasteiger partial charge is 0.496 e. The summed E-state index contributed by atoms with van der Waals surface area (Å²) in [5, 5.41) is 0.814. The lowest BCUT2D eigenvalue weighted by molar-refractivity contribution is -0.101. The number of rotatable bonds is 3. The number of ether oxygens (including phenoxy) is 3. The summed E-state index contributed by atoms with van der Waals surface area (Å²) in [4.78, 5) is 22.4. The Balaban J connectivity index is 1.69. The van der Waals surface area contributed by atoms with Crippen LogP contribution in [0.4, 0.5) is 9.18 Å². The second-order valence-corrected chi connectivity index (χ2v) is 9.89. The molecule has 1 unspecified atom stereocenters. The third-order valence-corrected chi connectivity index (χ3v) is 5.68. The molecule has 1 aromatic carbocycles. The van der Waals surface area contributed by atoms with E-state index in [1.165, 1.54) is 12.1 Å². The number of methoxy groups -OCH3 is 1. The molecule has 1 amide bonds. The monoisotopic (exact) mass is 455 g/mol. The summed E-state index contributed by atoms with van der Waals surface area (Å²) >= 11 is 0. The van der Waals surface area contributed by atoms with E-state index in [2.05, 4.69) is 9.97 Å². The maximum atomic E-state index is 14.0. The van der Waals surface area contributed by atoms with E-state index in [9.17, 15) is 9.18 Å². The van der Waals surface area contributed by atoms with E-state index in [1.54, 1.807) is 24.3 Å². The van der Waals surface area contributed by atoms with Crippen LogP contribution in [0, 0.1) is 5.82 Å². The number of aromatic nitrogens is 2. The smallest absolute Gasteiger partial charge is 0.410 e. The van der Waals surface area contributed by atoms with E-state index in [-0.39, 0.29) is 18.0 Å². The van der Waals surface area contributed by atoms with Crippen molar-refractivity contribution in [1.29, 1.82) is 0 Å². The second kappa shape index (κ2) is 8.33. The quantitative estimate of drug-likeness (QED) is 0.567. The van der Waals surface area contributed by atoms with Crippen molar-refractivity contribution in [2.24, 2.45) is 0 Å². The number of aromatic amines is 1. The highest BCUT2D eigenvalue weighted by molar-refractivity contribution is 5.95. The standard InChI is InChI=1S/C25H30FN3O4/c1-24(2,3)33-23(30)29-13-21(32-14-25(29,4)5)19-12-18-16(9-10-27-22(18)28-19)17-11-15(26)7-8-20(17)31-6/h7-12,21H,13-14H2,1-6H3,(H,27,28). The van der Waals surface area contributed by atoms with E-state index >= 15 is 0 Å². The summed E-state index contributed by atoms with van der Waals surface area (Å²) in [6, 6.07) is 8.19. The lowest BCUT2D eigenvalue weighted by Crippen LogP contribution is -2.57. The summed E-state index contributed by atoms with van der Waals surface area (Å²) in [6.45, 7) is 10.1. The Morgan fingerprint density at radius 3 is 2.70 bits per heavy atom. The lowest BCUT2D eigenvalue weighted by Gasteiger charge is -2.45. The molecule has 0 saturated carbocycles. The number of nitrogens with zero attached hydrogens (tertiary/aromatic N) is 2. The summed E-state index contributed by atoms with van der Waals surface area (Å²) < 4.78 is 31.2. The van der Waals surface area contributed by atoms with Crippen molar-refractivity contribution in [2.45, 2.75) is 51.9 Å². The van der Waals surface area contributed by atoms with Crippen LogP contribution in [-0.4, -0.2) is 52.4 Å². The topological polar surface area (TPSA) is 76.7 Å². The number of hydrogen-bond acceptors (Lipinski definition) is 5. The van der Waals surface area contributed by atoms with Crippen LogP contribution < -0.4 is 4.74 Å². The molecule has 0 bridgehead atoms. The molecule has 176 valence electrons. The van der Waals surface area contributed by atoms with E-state index in [4.69, 9.17) is 14.2 Å². The molecule has 1 aliphatic heterocycles. The molecule has 0 spiro atoms. The number of hydrogen-bond donors (Lipinski definition) is 1. The predicted molar refractivity (Wildman–Crippen MR) is 124 cm³/mol. The van der Waals surface area contributed by atoms with Gasteiger partial charge in [0.1, 0.15) is 28.9 Å². The molecule has 1 aliphatic rings. The first-order valence-corrected chi connectivity index (χ1v) is 10.9. The van der Waals surface area contributed by atoms with Crippen molar-refractivity contribution in [3.63, 3.8) is 0 Å². The van der Waals surface area contributed by atoms with Gasteiger partial charge in [0.2, 0.25) is 0 Å². The van der Waals surface area contributed by atoms with Gasteiger partial charge in [0, 0.05) is 22.8 Å². The molecular formula is C25H30FN3O4. The number of morpholine rings is 1. The molecule has 2 aromatic heterocycles. The van der Waals surface area contributed by atoms with Gasteiger partial charge in [0.15, 0.2) is 0 Å². The fourth-order valence-corrected chi connectivity index (χ4v) is 4.02. The highest BCUT2D eigenvalue weighted by Crippen LogP contribution is 2.38. The maximum absolute atomic E-state index is 14.0. The summed E-state index contributed by atoms with van der Waals surface area (Å²) in [5.74, 6) is 0.218. The Bertz CT molecular complexity index is 1180. The Morgan fingerprint density at radius 2 is 2.00 bits per heavy atom. The molecule has 3 heterocycles. The minimum Gasteiger partial charge on any atom is -0.496 e. The number of fused-ring (bicyclic) bond motifs is 1. The zero-order chi connectivity index (χ0) is 24.0. The number of nitrogens with one attached hydrogen (secondary N) is 1. The fourth-order valence-electron chi connectivity index (χ4n) is 4.02. The number of H-pyrrole nitrogens is 1. The van der Waals surface area contributed by atoms with Crippen molar-refractivity contribution < 1.29 is 23.4 Å². The van der Waals surface area contributed by atoms with Crippen LogP contribution in [0.3, 0.4) is 0 Å². The van der Waals surface area contributed by atoms with Crippen LogP contribution in [0.25, 0.3) is 22.2 Å². The van der Waals surface area contributed by atoms with Gasteiger partial charge in [0.05, 0.1) is 25.8 Å². The Labute approximate surface area is 192 Å². The molecule has 1 saturated heterocycles. The molecule has 33 heavy (non-hydrogen) atoms. The number of benzene rings is 1. The molecule has 1 N–H and O–H groups in total. The highest BCUT2D eigenvalue weighted by atomic mass is 19.1. The second-order valence-electron chi connectivity index (χ2n) is 9.89. The van der Waals surface area contributed by atoms with Crippen LogP contribution in [0.1, 0.15) is 46.4 Å². The van der Waals surface area contributed by atoms with E-state index in [0.717, 1.165) is 16.6 Å². The summed E-state index contributed by atoms with van der Waals surface area (Å²) in [7, 11) is 1.56. The van der Waals surface area contributed by atoms with E-state index in [0.29, 0.717) is 30.1 Å². The van der Waals surface area contributed by atoms with Gasteiger partial charge in [-0.2, -0.15) is 0 Å². The van der Waals surface area contributed by atoms with Crippen LogP contribution in [0.15, 0.2) is 36.5 Å². The average molecular weight is 456 g/mol. The van der Waals surface area contributed by atoms with Crippen molar-refractivity contribution in [3.8, 4) is 16.9 Å². The molecule has 0 aliphatic carbocycles. The predicted octanol–water partition coefficient (Wildman–Crippen LogP) is 5.46. The molecule has 0 radical (unpaired) electrons. The maximum Gasteiger partial charge on any atom is 0.410 e. The van der Waals surface area contributed by atoms with E-state index in [1.807, 2.05) is 46.8 Å². The fraction of sp³-hybridized carbons (Fsp3) is 0.440. The highest BCUT2D eigenvalue weighted by Gasteiger charge is 2.41. The number of pyridine rings is 1. The molecule has 7 nitrogen and oxygen atoms in total. The molecule has 4 rings (SSSR count). The normalized spacial score (nSPS) is 18.4. The first-order chi connectivity index (χ1) is 15.5. The number of halogens is 1. The van der Waals surface area contributed by atoms with Crippen molar-refractivity contribution in [2.75, 3.05) is 20.3 Å². The SMILES string of the molecule is COc1ccc(F)cc1-c1ccnc2[nH]c(C3CN(C(=O)OC(C)(C)C)C(C)(C)CO3)cc12. The molecule has 1 fully saturated rings. The molecular weight excluding hydrogens is 425 g/mol. The zero-order valence-electron chi connectivity index (χ0n) is 19.9. The van der Waals surface area contributed by atoms with Crippen LogP contribution >= 0.6 is 0 Å². The molecule has 1 atom stereocenters. The number of carbonyl (C=O) groups is 1. The first kappa shape index (κ1) is 23.0. The van der Waals surface area contributed by atoms with Crippen LogP contribution in [0.2, 0.25) is 0 Å². The van der Waals surface area contributed by atoms with Gasteiger partial charge >= 0.3 is 6.09 Å². The Hall–Kier alpha value is -3.13. The van der Waals surface area contributed by atoms with Crippen molar-refractivity contribution in [3.05, 3.63) is 48.0 Å².